The lowest BCUT2D eigenvalue weighted by atomic mass is 9.99. The highest BCUT2D eigenvalue weighted by Gasteiger charge is 2.25. The second-order valence-electron chi connectivity index (χ2n) is 3.44. The van der Waals surface area contributed by atoms with Crippen molar-refractivity contribution in [1.29, 1.82) is 0 Å². The van der Waals surface area contributed by atoms with Crippen LogP contribution in [0.25, 0.3) is 0 Å². The number of carboxylic acid groups (broad SMARTS) is 1. The van der Waals surface area contributed by atoms with Gasteiger partial charge in [0.2, 0.25) is 0 Å². The van der Waals surface area contributed by atoms with Crippen molar-refractivity contribution in [1.82, 2.24) is 0 Å². The fraction of sp³-hybridized carbons (Fsp3) is 0.333. The number of methoxy groups -OCH3 is 2. The number of ether oxygens (including phenoxy) is 2. The Kier molecular flexibility index (Phi) is 4.55. The summed E-state index contributed by atoms with van der Waals surface area (Å²) < 4.78 is 10.2. The number of aliphatic carboxylic acids is 1. The van der Waals surface area contributed by atoms with Gasteiger partial charge >= 0.3 is 5.97 Å². The van der Waals surface area contributed by atoms with Gasteiger partial charge in [0.1, 0.15) is 0 Å². The minimum absolute atomic E-state index is 0.0210. The summed E-state index contributed by atoms with van der Waals surface area (Å²) in [5.41, 5.74) is 0.485. The maximum Gasteiger partial charge on any atom is 0.377 e. The van der Waals surface area contributed by atoms with Gasteiger partial charge in [-0.3, -0.25) is 4.79 Å². The van der Waals surface area contributed by atoms with Crippen molar-refractivity contribution in [2.45, 2.75) is 13.3 Å². The molecule has 0 radical (unpaired) electrons. The molecule has 0 fully saturated rings. The molecular formula is C12H13ClO5. The average molecular weight is 273 g/mol. The Hall–Kier alpha value is -1.75. The van der Waals surface area contributed by atoms with E-state index in [9.17, 15) is 9.59 Å². The standard InChI is InChI=1S/C12H13ClO5/c1-4-6-7(9(14)12(15)16)5-8(13)11(18-3)10(6)17-2/h5H,4H2,1-3H3,(H,15,16). The molecule has 0 aliphatic rings. The summed E-state index contributed by atoms with van der Waals surface area (Å²) in [7, 11) is 2.82. The third-order valence-corrected chi connectivity index (χ3v) is 2.77. The van der Waals surface area contributed by atoms with Crippen LogP contribution >= 0.6 is 11.6 Å². The molecule has 0 amide bonds. The molecule has 0 bridgehead atoms. The second-order valence-corrected chi connectivity index (χ2v) is 3.85. The summed E-state index contributed by atoms with van der Waals surface area (Å²) >= 11 is 5.94. The van der Waals surface area contributed by atoms with Crippen LogP contribution in [0.15, 0.2) is 6.07 Å². The van der Waals surface area contributed by atoms with Crippen molar-refractivity contribution in [3.63, 3.8) is 0 Å². The van der Waals surface area contributed by atoms with Crippen molar-refractivity contribution >= 4 is 23.4 Å². The van der Waals surface area contributed by atoms with Crippen LogP contribution in [0.1, 0.15) is 22.8 Å². The highest BCUT2D eigenvalue weighted by Crippen LogP contribution is 2.40. The summed E-state index contributed by atoms with van der Waals surface area (Å²) in [6.45, 7) is 1.78. The lowest BCUT2D eigenvalue weighted by molar-refractivity contribution is -0.131. The van der Waals surface area contributed by atoms with E-state index in [0.717, 1.165) is 0 Å². The van der Waals surface area contributed by atoms with E-state index in [1.807, 2.05) is 0 Å². The lowest BCUT2D eigenvalue weighted by Gasteiger charge is -2.16. The molecule has 1 aromatic rings. The van der Waals surface area contributed by atoms with Crippen LogP contribution in [0.3, 0.4) is 0 Å². The molecule has 5 nitrogen and oxygen atoms in total. The topological polar surface area (TPSA) is 72.8 Å². The van der Waals surface area contributed by atoms with Gasteiger partial charge in [0.25, 0.3) is 5.78 Å². The van der Waals surface area contributed by atoms with E-state index in [2.05, 4.69) is 0 Å². The molecule has 0 saturated heterocycles. The summed E-state index contributed by atoms with van der Waals surface area (Å²) in [5.74, 6) is -1.97. The zero-order chi connectivity index (χ0) is 13.9. The van der Waals surface area contributed by atoms with Crippen LogP contribution < -0.4 is 9.47 Å². The minimum atomic E-state index is -1.53. The Morgan fingerprint density at radius 2 is 1.83 bits per heavy atom. The normalized spacial score (nSPS) is 10.0. The van der Waals surface area contributed by atoms with Crippen LogP contribution in [-0.2, 0) is 11.2 Å². The largest absolute Gasteiger partial charge is 0.492 e. The van der Waals surface area contributed by atoms with Crippen LogP contribution in [0, 0.1) is 0 Å². The van der Waals surface area contributed by atoms with Crippen LogP contribution in [0.2, 0.25) is 5.02 Å². The molecule has 0 unspecified atom stereocenters. The van der Waals surface area contributed by atoms with Crippen molar-refractivity contribution in [3.8, 4) is 11.5 Å². The van der Waals surface area contributed by atoms with Gasteiger partial charge in [-0.05, 0) is 12.5 Å². The van der Waals surface area contributed by atoms with Gasteiger partial charge in [0, 0.05) is 11.1 Å². The maximum absolute atomic E-state index is 11.6. The molecule has 1 rings (SSSR count). The molecule has 6 heteroatoms. The molecule has 1 N–H and O–H groups in total. The van der Waals surface area contributed by atoms with Crippen LogP contribution in [0.5, 0.6) is 11.5 Å². The van der Waals surface area contributed by atoms with Gasteiger partial charge in [-0.2, -0.15) is 0 Å². The number of benzene rings is 1. The van der Waals surface area contributed by atoms with Crippen molar-refractivity contribution in [3.05, 3.63) is 22.2 Å². The molecule has 0 heterocycles. The van der Waals surface area contributed by atoms with Gasteiger partial charge in [-0.15, -0.1) is 0 Å². The van der Waals surface area contributed by atoms with Crippen molar-refractivity contribution in [2.75, 3.05) is 14.2 Å². The average Bonchev–Trinajstić information content (AvgIpc) is 2.35. The van der Waals surface area contributed by atoms with E-state index >= 15 is 0 Å². The molecule has 1 aromatic carbocycles. The Labute approximate surface area is 109 Å². The van der Waals surface area contributed by atoms with Gasteiger partial charge in [-0.1, -0.05) is 18.5 Å². The molecule has 18 heavy (non-hydrogen) atoms. The number of Topliss-reactive ketones (excluding diaryl/α,β-unsaturated/α-hetero) is 1. The van der Waals surface area contributed by atoms with E-state index in [-0.39, 0.29) is 22.1 Å². The fourth-order valence-electron chi connectivity index (χ4n) is 1.72. The zero-order valence-corrected chi connectivity index (χ0v) is 11.0. The number of hydrogen-bond donors (Lipinski definition) is 1. The summed E-state index contributed by atoms with van der Waals surface area (Å²) in [6.07, 6.45) is 0.422. The monoisotopic (exact) mass is 272 g/mol. The number of hydrogen-bond acceptors (Lipinski definition) is 4. The Balaban J connectivity index is 3.59. The highest BCUT2D eigenvalue weighted by atomic mass is 35.5. The number of carbonyl (C=O) groups excluding carboxylic acids is 1. The minimum Gasteiger partial charge on any atom is -0.492 e. The van der Waals surface area contributed by atoms with E-state index in [0.29, 0.717) is 12.0 Å². The van der Waals surface area contributed by atoms with Crippen molar-refractivity contribution < 1.29 is 24.2 Å². The lowest BCUT2D eigenvalue weighted by Crippen LogP contribution is -2.16. The van der Waals surface area contributed by atoms with Gasteiger partial charge in [-0.25, -0.2) is 4.79 Å². The third kappa shape index (κ3) is 2.41. The Morgan fingerprint density at radius 3 is 2.22 bits per heavy atom. The third-order valence-electron chi connectivity index (χ3n) is 2.49. The predicted molar refractivity (Wildman–Crippen MR) is 65.9 cm³/mol. The highest BCUT2D eigenvalue weighted by molar-refractivity contribution is 6.41. The van der Waals surface area contributed by atoms with Gasteiger partial charge in [0.15, 0.2) is 11.5 Å². The van der Waals surface area contributed by atoms with Gasteiger partial charge in [0.05, 0.1) is 19.2 Å². The Bertz CT molecular complexity index is 496. The SMILES string of the molecule is CCc1c(C(=O)C(=O)O)cc(Cl)c(OC)c1OC. The van der Waals surface area contributed by atoms with Crippen LogP contribution in [0.4, 0.5) is 0 Å². The predicted octanol–water partition coefficient (Wildman–Crippen LogP) is 2.19. The number of ketones is 1. The van der Waals surface area contributed by atoms with E-state index in [1.54, 1.807) is 6.92 Å². The van der Waals surface area contributed by atoms with Crippen LogP contribution in [-0.4, -0.2) is 31.1 Å². The molecule has 0 aliphatic carbocycles. The summed E-state index contributed by atoms with van der Waals surface area (Å²) in [6, 6.07) is 1.29. The Morgan fingerprint density at radius 1 is 1.28 bits per heavy atom. The van der Waals surface area contributed by atoms with Crippen molar-refractivity contribution in [2.24, 2.45) is 0 Å². The van der Waals surface area contributed by atoms with E-state index in [1.165, 1.54) is 20.3 Å². The maximum atomic E-state index is 11.6. The second kappa shape index (κ2) is 5.73. The number of carbonyl (C=O) groups is 2. The molecule has 0 aromatic heterocycles. The summed E-state index contributed by atoms with van der Waals surface area (Å²) in [5, 5.41) is 8.91. The number of carboxylic acids is 1. The first-order chi connectivity index (χ1) is 8.47. The quantitative estimate of drug-likeness (QED) is 0.657. The molecule has 0 saturated carbocycles. The first-order valence-corrected chi connectivity index (χ1v) is 5.56. The fourth-order valence-corrected chi connectivity index (χ4v) is 1.99. The molecular weight excluding hydrogens is 260 g/mol. The molecule has 0 spiro atoms. The molecule has 0 aliphatic heterocycles. The summed E-state index contributed by atoms with van der Waals surface area (Å²) in [4.78, 5) is 22.4. The smallest absolute Gasteiger partial charge is 0.377 e. The van der Waals surface area contributed by atoms with E-state index in [4.69, 9.17) is 26.2 Å². The first kappa shape index (κ1) is 14.3. The number of halogens is 1. The number of rotatable bonds is 5. The first-order valence-electron chi connectivity index (χ1n) is 5.18. The molecule has 98 valence electrons. The van der Waals surface area contributed by atoms with E-state index < -0.39 is 11.8 Å². The molecule has 0 atom stereocenters. The zero-order valence-electron chi connectivity index (χ0n) is 10.2. The van der Waals surface area contributed by atoms with Gasteiger partial charge < -0.3 is 14.6 Å².